The Morgan fingerprint density at radius 2 is 1.50 bits per heavy atom. The number of carbonyl (C=O) groups excluding carboxylic acids is 1. The number of alkyl halides is 3. The first-order valence-electron chi connectivity index (χ1n) is 3.38. The fraction of sp³-hybridized carbons (Fsp3) is 0.125. The van der Waals surface area contributed by atoms with E-state index in [1.54, 1.807) is 0 Å². The molecular formula is C8H3Cl3F2O. The summed E-state index contributed by atoms with van der Waals surface area (Å²) in [6.45, 7) is 0. The molecule has 0 aliphatic heterocycles. The van der Waals surface area contributed by atoms with Crippen molar-refractivity contribution in [2.75, 3.05) is 0 Å². The van der Waals surface area contributed by atoms with Crippen molar-refractivity contribution >= 4 is 40.6 Å². The molecule has 14 heavy (non-hydrogen) atoms. The third kappa shape index (κ3) is 2.80. The Hall–Kier alpha value is -0.380. The second-order valence-electron chi connectivity index (χ2n) is 2.49. The Morgan fingerprint density at radius 1 is 1.07 bits per heavy atom. The molecule has 1 nitrogen and oxygen atoms in total. The van der Waals surface area contributed by atoms with E-state index in [4.69, 9.17) is 34.8 Å². The minimum Gasteiger partial charge on any atom is -0.289 e. The van der Waals surface area contributed by atoms with E-state index in [9.17, 15) is 13.6 Å². The summed E-state index contributed by atoms with van der Waals surface area (Å²) in [6.07, 6.45) is 0. The van der Waals surface area contributed by atoms with Crippen molar-refractivity contribution in [2.45, 2.75) is 3.79 Å². The molecule has 6 heteroatoms. The maximum Gasteiger partial charge on any atom is 0.253 e. The van der Waals surface area contributed by atoms with Gasteiger partial charge in [-0.05, 0) is 12.1 Å². The van der Waals surface area contributed by atoms with Crippen molar-refractivity contribution in [3.05, 3.63) is 35.4 Å². The number of Topliss-reactive ketones (excluding diaryl/α,β-unsaturated/α-hetero) is 1. The molecule has 0 atom stereocenters. The van der Waals surface area contributed by atoms with Crippen LogP contribution < -0.4 is 0 Å². The van der Waals surface area contributed by atoms with Gasteiger partial charge >= 0.3 is 0 Å². The maximum absolute atomic E-state index is 12.7. The monoisotopic (exact) mass is 258 g/mol. The number of benzene rings is 1. The fourth-order valence-electron chi connectivity index (χ4n) is 0.849. The summed E-state index contributed by atoms with van der Waals surface area (Å²) in [5, 5.41) is 0. The summed E-state index contributed by atoms with van der Waals surface area (Å²) in [6, 6.07) is 2.22. The van der Waals surface area contributed by atoms with Crippen molar-refractivity contribution in [1.82, 2.24) is 0 Å². The predicted molar refractivity (Wildman–Crippen MR) is 51.0 cm³/mol. The largest absolute Gasteiger partial charge is 0.289 e. The van der Waals surface area contributed by atoms with Crippen LogP contribution in [0.2, 0.25) is 0 Å². The van der Waals surface area contributed by atoms with Crippen molar-refractivity contribution in [2.24, 2.45) is 0 Å². The number of rotatable bonds is 1. The van der Waals surface area contributed by atoms with Gasteiger partial charge in [0, 0.05) is 11.6 Å². The Labute approximate surface area is 93.6 Å². The first-order valence-corrected chi connectivity index (χ1v) is 4.51. The molecule has 0 unspecified atom stereocenters. The molecule has 0 aliphatic carbocycles. The van der Waals surface area contributed by atoms with Gasteiger partial charge in [0.1, 0.15) is 11.6 Å². The zero-order valence-corrected chi connectivity index (χ0v) is 8.80. The number of hydrogen-bond acceptors (Lipinski definition) is 1. The van der Waals surface area contributed by atoms with Gasteiger partial charge in [0.05, 0.1) is 0 Å². The molecule has 1 aromatic carbocycles. The summed E-state index contributed by atoms with van der Waals surface area (Å²) < 4.78 is 23.1. The van der Waals surface area contributed by atoms with E-state index >= 15 is 0 Å². The van der Waals surface area contributed by atoms with Crippen LogP contribution in [0, 0.1) is 11.6 Å². The summed E-state index contributed by atoms with van der Waals surface area (Å²) in [4.78, 5) is 11.2. The van der Waals surface area contributed by atoms with Crippen LogP contribution in [-0.2, 0) is 0 Å². The molecule has 0 aromatic heterocycles. The van der Waals surface area contributed by atoms with Crippen LogP contribution in [-0.4, -0.2) is 9.58 Å². The van der Waals surface area contributed by atoms with Gasteiger partial charge in [-0.25, -0.2) is 8.78 Å². The Bertz CT molecular complexity index is 353. The minimum atomic E-state index is -2.21. The lowest BCUT2D eigenvalue weighted by atomic mass is 10.1. The molecule has 76 valence electrons. The first-order chi connectivity index (χ1) is 6.30. The van der Waals surface area contributed by atoms with Crippen LogP contribution in [0.25, 0.3) is 0 Å². The molecule has 1 aromatic rings. The third-order valence-electron chi connectivity index (χ3n) is 1.38. The number of ketones is 1. The molecule has 0 bridgehead atoms. The number of halogens is 5. The first kappa shape index (κ1) is 11.7. The highest BCUT2D eigenvalue weighted by molar-refractivity contribution is 6.77. The Balaban J connectivity index is 3.14. The Morgan fingerprint density at radius 3 is 1.86 bits per heavy atom. The lowest BCUT2D eigenvalue weighted by molar-refractivity contribution is 0.0995. The van der Waals surface area contributed by atoms with E-state index in [1.165, 1.54) is 0 Å². The normalized spacial score (nSPS) is 11.5. The fourth-order valence-corrected chi connectivity index (χ4v) is 1.18. The lowest BCUT2D eigenvalue weighted by Gasteiger charge is -2.09. The number of carbonyl (C=O) groups is 1. The van der Waals surface area contributed by atoms with E-state index < -0.39 is 21.2 Å². The van der Waals surface area contributed by atoms with Gasteiger partial charge in [0.25, 0.3) is 3.79 Å². The van der Waals surface area contributed by atoms with Gasteiger partial charge in [0.15, 0.2) is 0 Å². The van der Waals surface area contributed by atoms with Gasteiger partial charge in [-0.2, -0.15) is 0 Å². The molecule has 0 fully saturated rings. The van der Waals surface area contributed by atoms with E-state index in [1.807, 2.05) is 0 Å². The topological polar surface area (TPSA) is 17.1 Å². The molecule has 0 radical (unpaired) electrons. The van der Waals surface area contributed by atoms with Gasteiger partial charge in [-0.15, -0.1) is 0 Å². The van der Waals surface area contributed by atoms with Gasteiger partial charge in [-0.1, -0.05) is 34.8 Å². The highest BCUT2D eigenvalue weighted by Crippen LogP contribution is 2.30. The van der Waals surface area contributed by atoms with E-state index in [0.717, 1.165) is 12.1 Å². The van der Waals surface area contributed by atoms with Crippen molar-refractivity contribution in [3.8, 4) is 0 Å². The zero-order valence-electron chi connectivity index (χ0n) is 6.53. The molecular weight excluding hydrogens is 256 g/mol. The molecule has 1 rings (SSSR count). The summed E-state index contributed by atoms with van der Waals surface area (Å²) >= 11 is 15.8. The van der Waals surface area contributed by atoms with Crippen LogP contribution >= 0.6 is 34.8 Å². The molecule has 0 spiro atoms. The standard InChI is InChI=1S/C8H3Cl3F2O/c9-8(10,11)7(14)4-1-5(12)3-6(13)2-4/h1-3H. The SMILES string of the molecule is O=C(c1cc(F)cc(F)c1)C(Cl)(Cl)Cl. The second-order valence-corrected chi connectivity index (χ2v) is 4.77. The van der Waals surface area contributed by atoms with Gasteiger partial charge in [-0.3, -0.25) is 4.79 Å². The maximum atomic E-state index is 12.7. The molecule has 0 aliphatic rings. The average molecular weight is 259 g/mol. The van der Waals surface area contributed by atoms with Gasteiger partial charge < -0.3 is 0 Å². The van der Waals surface area contributed by atoms with E-state index in [0.29, 0.717) is 6.07 Å². The van der Waals surface area contributed by atoms with Crippen molar-refractivity contribution < 1.29 is 13.6 Å². The summed E-state index contributed by atoms with van der Waals surface area (Å²) in [7, 11) is 0. The lowest BCUT2D eigenvalue weighted by Crippen LogP contribution is -2.19. The van der Waals surface area contributed by atoms with Gasteiger partial charge in [0.2, 0.25) is 5.78 Å². The Kier molecular flexibility index (Phi) is 3.35. The molecule has 0 amide bonds. The summed E-state index contributed by atoms with van der Waals surface area (Å²) in [5.74, 6) is -2.77. The predicted octanol–water partition coefficient (Wildman–Crippen LogP) is 3.52. The smallest absolute Gasteiger partial charge is 0.253 e. The average Bonchev–Trinajstić information content (AvgIpc) is 1.99. The minimum absolute atomic E-state index is 0.317. The van der Waals surface area contributed by atoms with Crippen LogP contribution in [0.4, 0.5) is 8.78 Å². The molecule has 0 heterocycles. The quantitative estimate of drug-likeness (QED) is 0.557. The van der Waals surface area contributed by atoms with Crippen molar-refractivity contribution in [1.29, 1.82) is 0 Å². The highest BCUT2D eigenvalue weighted by atomic mass is 35.6. The zero-order chi connectivity index (χ0) is 10.9. The third-order valence-corrected chi connectivity index (χ3v) is 1.90. The van der Waals surface area contributed by atoms with Crippen LogP contribution in [0.15, 0.2) is 18.2 Å². The van der Waals surface area contributed by atoms with Crippen LogP contribution in [0.1, 0.15) is 10.4 Å². The molecule has 0 saturated carbocycles. The van der Waals surface area contributed by atoms with Crippen LogP contribution in [0.3, 0.4) is 0 Å². The molecule has 0 N–H and O–H groups in total. The molecule has 0 saturated heterocycles. The summed E-state index contributed by atoms with van der Waals surface area (Å²) in [5.41, 5.74) is -0.317. The number of hydrogen-bond donors (Lipinski definition) is 0. The van der Waals surface area contributed by atoms with Crippen molar-refractivity contribution in [3.63, 3.8) is 0 Å². The van der Waals surface area contributed by atoms with E-state index in [2.05, 4.69) is 0 Å². The highest BCUT2D eigenvalue weighted by Gasteiger charge is 2.32. The van der Waals surface area contributed by atoms with E-state index in [-0.39, 0.29) is 5.56 Å². The second kappa shape index (κ2) is 4.01. The van der Waals surface area contributed by atoms with Crippen LogP contribution in [0.5, 0.6) is 0 Å².